The van der Waals surface area contributed by atoms with Crippen LogP contribution in [-0.2, 0) is 9.53 Å². The Morgan fingerprint density at radius 2 is 2.17 bits per heavy atom. The molecule has 1 fully saturated rings. The smallest absolute Gasteiger partial charge is 0.334 e. The van der Waals surface area contributed by atoms with Crippen LogP contribution in [0.25, 0.3) is 0 Å². The molecule has 2 amide bonds. The average molecular weight is 260 g/mol. The second-order valence-electron chi connectivity index (χ2n) is 4.44. The van der Waals surface area contributed by atoms with E-state index in [1.807, 2.05) is 13.8 Å². The van der Waals surface area contributed by atoms with E-state index in [4.69, 9.17) is 14.9 Å². The van der Waals surface area contributed by atoms with E-state index in [1.165, 1.54) is 9.80 Å². The number of carbonyl (C=O) groups excluding carboxylic acids is 1. The van der Waals surface area contributed by atoms with E-state index < -0.39 is 12.1 Å². The largest absolute Gasteiger partial charge is 0.479 e. The fourth-order valence-electron chi connectivity index (χ4n) is 1.84. The first kappa shape index (κ1) is 14.7. The Balaban J connectivity index is 2.66. The molecule has 18 heavy (non-hydrogen) atoms. The van der Waals surface area contributed by atoms with Gasteiger partial charge in [0.1, 0.15) is 0 Å². The van der Waals surface area contributed by atoms with E-state index >= 15 is 0 Å². The highest BCUT2D eigenvalue weighted by molar-refractivity contribution is 5.77. The predicted octanol–water partition coefficient (Wildman–Crippen LogP) is -0.405. The van der Waals surface area contributed by atoms with Crippen molar-refractivity contribution in [2.24, 2.45) is 0 Å². The van der Waals surface area contributed by atoms with Gasteiger partial charge in [0.2, 0.25) is 0 Å². The number of amides is 2. The molecule has 1 heterocycles. The Bertz CT molecular complexity index is 308. The molecule has 1 saturated heterocycles. The summed E-state index contributed by atoms with van der Waals surface area (Å²) in [7, 11) is 0. The number of aliphatic hydroxyl groups excluding tert-OH is 1. The van der Waals surface area contributed by atoms with Crippen molar-refractivity contribution in [3.8, 4) is 0 Å². The molecule has 1 unspecified atom stereocenters. The van der Waals surface area contributed by atoms with Crippen molar-refractivity contribution in [3.05, 3.63) is 0 Å². The zero-order valence-corrected chi connectivity index (χ0v) is 10.7. The molecule has 0 aromatic heterocycles. The number of hydrogen-bond acceptors (Lipinski definition) is 4. The van der Waals surface area contributed by atoms with Crippen LogP contribution in [-0.4, -0.2) is 77.0 Å². The summed E-state index contributed by atoms with van der Waals surface area (Å²) >= 11 is 0. The molecule has 1 aliphatic rings. The van der Waals surface area contributed by atoms with E-state index in [2.05, 4.69) is 0 Å². The normalized spacial score (nSPS) is 20.0. The Hall–Kier alpha value is -1.34. The summed E-state index contributed by atoms with van der Waals surface area (Å²) < 4.78 is 5.06. The van der Waals surface area contributed by atoms with Crippen molar-refractivity contribution in [3.63, 3.8) is 0 Å². The molecule has 0 bridgehead atoms. The molecular weight excluding hydrogens is 240 g/mol. The van der Waals surface area contributed by atoms with Gasteiger partial charge in [0.25, 0.3) is 0 Å². The van der Waals surface area contributed by atoms with Gasteiger partial charge in [-0.3, -0.25) is 0 Å². The molecule has 1 aliphatic heterocycles. The minimum absolute atomic E-state index is 0.0445. The van der Waals surface area contributed by atoms with E-state index in [1.54, 1.807) is 0 Å². The topological polar surface area (TPSA) is 90.3 Å². The summed E-state index contributed by atoms with van der Waals surface area (Å²) in [6, 6.07) is -0.302. The summed E-state index contributed by atoms with van der Waals surface area (Å²) in [4.78, 5) is 26.0. The molecule has 0 aliphatic carbocycles. The number of aliphatic carboxylic acids is 1. The number of ether oxygens (including phenoxy) is 1. The van der Waals surface area contributed by atoms with E-state index in [0.29, 0.717) is 6.54 Å². The molecule has 0 spiro atoms. The Labute approximate surface area is 106 Å². The third-order valence-corrected chi connectivity index (χ3v) is 2.82. The first-order valence-corrected chi connectivity index (χ1v) is 5.98. The standard InChI is InChI=1S/C11H20N2O5/c1-8(2)13(3-5-14)11(17)12-4-6-18-9(7-12)10(15)16/h8-9,14H,3-7H2,1-2H3,(H,15,16). The summed E-state index contributed by atoms with van der Waals surface area (Å²) in [6.45, 7) is 4.46. The highest BCUT2D eigenvalue weighted by Crippen LogP contribution is 2.10. The SMILES string of the molecule is CC(C)N(CCO)C(=O)N1CCOC(C(=O)O)C1. The molecule has 7 heteroatoms. The van der Waals surface area contributed by atoms with E-state index in [0.717, 1.165) is 0 Å². The van der Waals surface area contributed by atoms with Gasteiger partial charge in [0.05, 0.1) is 19.8 Å². The summed E-state index contributed by atoms with van der Waals surface area (Å²) in [5.74, 6) is -1.06. The molecule has 0 saturated carbocycles. The first-order valence-electron chi connectivity index (χ1n) is 5.98. The second kappa shape index (κ2) is 6.55. The van der Waals surface area contributed by atoms with Gasteiger partial charge in [0.15, 0.2) is 6.10 Å². The van der Waals surface area contributed by atoms with Crippen LogP contribution in [0.1, 0.15) is 13.8 Å². The number of carboxylic acid groups (broad SMARTS) is 1. The fourth-order valence-corrected chi connectivity index (χ4v) is 1.84. The van der Waals surface area contributed by atoms with Gasteiger partial charge in [-0.15, -0.1) is 0 Å². The lowest BCUT2D eigenvalue weighted by molar-refractivity contribution is -0.154. The minimum Gasteiger partial charge on any atom is -0.479 e. The number of urea groups is 1. The lowest BCUT2D eigenvalue weighted by Crippen LogP contribution is -2.54. The Morgan fingerprint density at radius 3 is 2.67 bits per heavy atom. The van der Waals surface area contributed by atoms with Crippen molar-refractivity contribution >= 4 is 12.0 Å². The van der Waals surface area contributed by atoms with Crippen LogP contribution in [0.5, 0.6) is 0 Å². The van der Waals surface area contributed by atoms with Gasteiger partial charge in [0, 0.05) is 19.1 Å². The van der Waals surface area contributed by atoms with Crippen LogP contribution in [0, 0.1) is 0 Å². The number of aliphatic hydroxyl groups is 1. The first-order chi connectivity index (χ1) is 8.47. The number of carboxylic acids is 1. The zero-order chi connectivity index (χ0) is 13.7. The Morgan fingerprint density at radius 1 is 1.50 bits per heavy atom. The van der Waals surface area contributed by atoms with Gasteiger partial charge in [-0.2, -0.15) is 0 Å². The monoisotopic (exact) mass is 260 g/mol. The highest BCUT2D eigenvalue weighted by Gasteiger charge is 2.31. The van der Waals surface area contributed by atoms with Gasteiger partial charge < -0.3 is 24.7 Å². The zero-order valence-electron chi connectivity index (χ0n) is 10.7. The van der Waals surface area contributed by atoms with Crippen molar-refractivity contribution in [1.82, 2.24) is 9.80 Å². The number of rotatable bonds is 4. The maximum absolute atomic E-state index is 12.2. The van der Waals surface area contributed by atoms with Crippen molar-refractivity contribution < 1.29 is 24.5 Å². The quantitative estimate of drug-likeness (QED) is 0.717. The molecule has 0 radical (unpaired) electrons. The average Bonchev–Trinajstić information content (AvgIpc) is 2.35. The third-order valence-electron chi connectivity index (χ3n) is 2.82. The second-order valence-corrected chi connectivity index (χ2v) is 4.44. The van der Waals surface area contributed by atoms with E-state index in [9.17, 15) is 9.59 Å². The van der Waals surface area contributed by atoms with Crippen molar-refractivity contribution in [1.29, 1.82) is 0 Å². The van der Waals surface area contributed by atoms with Gasteiger partial charge >= 0.3 is 12.0 Å². The fraction of sp³-hybridized carbons (Fsp3) is 0.818. The summed E-state index contributed by atoms with van der Waals surface area (Å²) in [6.07, 6.45) is -0.967. The van der Waals surface area contributed by atoms with Crippen molar-refractivity contribution in [2.75, 3.05) is 32.8 Å². The lowest BCUT2D eigenvalue weighted by Gasteiger charge is -2.36. The van der Waals surface area contributed by atoms with Crippen LogP contribution in [0.4, 0.5) is 4.79 Å². The van der Waals surface area contributed by atoms with Gasteiger partial charge in [-0.05, 0) is 13.8 Å². The van der Waals surface area contributed by atoms with Gasteiger partial charge in [-0.25, -0.2) is 9.59 Å². The van der Waals surface area contributed by atoms with Crippen LogP contribution >= 0.6 is 0 Å². The number of morpholine rings is 1. The van der Waals surface area contributed by atoms with Crippen LogP contribution in [0.2, 0.25) is 0 Å². The molecule has 1 rings (SSSR count). The molecule has 2 N–H and O–H groups in total. The molecule has 7 nitrogen and oxygen atoms in total. The Kier molecular flexibility index (Phi) is 5.36. The maximum atomic E-state index is 12.2. The number of hydrogen-bond donors (Lipinski definition) is 2. The molecule has 0 aromatic rings. The predicted molar refractivity (Wildman–Crippen MR) is 63.3 cm³/mol. The molecule has 104 valence electrons. The number of nitrogens with zero attached hydrogens (tertiary/aromatic N) is 2. The van der Waals surface area contributed by atoms with Crippen LogP contribution < -0.4 is 0 Å². The maximum Gasteiger partial charge on any atom is 0.334 e. The van der Waals surface area contributed by atoms with Crippen molar-refractivity contribution in [2.45, 2.75) is 26.0 Å². The summed E-state index contributed by atoms with van der Waals surface area (Å²) in [5.41, 5.74) is 0. The molecule has 0 aromatic carbocycles. The van der Waals surface area contributed by atoms with E-state index in [-0.39, 0.29) is 38.4 Å². The summed E-state index contributed by atoms with van der Waals surface area (Å²) in [5, 5.41) is 17.8. The highest BCUT2D eigenvalue weighted by atomic mass is 16.5. The third kappa shape index (κ3) is 3.58. The molecule has 1 atom stereocenters. The molecular formula is C11H20N2O5. The number of carbonyl (C=O) groups is 2. The van der Waals surface area contributed by atoms with Gasteiger partial charge in [-0.1, -0.05) is 0 Å². The van der Waals surface area contributed by atoms with Crippen LogP contribution in [0.3, 0.4) is 0 Å². The minimum atomic E-state index is -1.06. The lowest BCUT2D eigenvalue weighted by atomic mass is 10.2. The van der Waals surface area contributed by atoms with Crippen LogP contribution in [0.15, 0.2) is 0 Å².